The molecule has 0 aliphatic heterocycles. The zero-order valence-corrected chi connectivity index (χ0v) is 8.87. The van der Waals surface area contributed by atoms with E-state index in [0.717, 1.165) is 11.8 Å². The van der Waals surface area contributed by atoms with Crippen molar-refractivity contribution in [3.63, 3.8) is 0 Å². The molecular formula is C13H20O. The summed E-state index contributed by atoms with van der Waals surface area (Å²) in [5.74, 6) is 3.27. The molecule has 0 spiro atoms. The van der Waals surface area contributed by atoms with Crippen molar-refractivity contribution in [2.75, 3.05) is 0 Å². The van der Waals surface area contributed by atoms with Gasteiger partial charge in [-0.15, -0.1) is 0 Å². The monoisotopic (exact) mass is 192 g/mol. The van der Waals surface area contributed by atoms with Crippen molar-refractivity contribution in [1.29, 1.82) is 0 Å². The number of rotatable bonds is 0. The lowest BCUT2D eigenvalue weighted by Crippen LogP contribution is -2.22. The molecule has 3 aliphatic rings. The zero-order chi connectivity index (χ0) is 9.54. The van der Waals surface area contributed by atoms with Gasteiger partial charge in [-0.1, -0.05) is 25.7 Å². The lowest BCUT2D eigenvalue weighted by molar-refractivity contribution is -0.125. The molecular weight excluding hydrogens is 172 g/mol. The fourth-order valence-corrected chi connectivity index (χ4v) is 4.33. The highest BCUT2D eigenvalue weighted by Gasteiger charge is 2.50. The Morgan fingerprint density at radius 2 is 1.14 bits per heavy atom. The van der Waals surface area contributed by atoms with Gasteiger partial charge in [0.15, 0.2) is 0 Å². The summed E-state index contributed by atoms with van der Waals surface area (Å²) in [5.41, 5.74) is 0. The van der Waals surface area contributed by atoms with Crippen molar-refractivity contribution < 1.29 is 4.79 Å². The third kappa shape index (κ3) is 1.17. The van der Waals surface area contributed by atoms with E-state index in [-0.39, 0.29) is 0 Å². The van der Waals surface area contributed by atoms with E-state index in [9.17, 15) is 4.79 Å². The first kappa shape index (κ1) is 8.94. The first-order valence-corrected chi connectivity index (χ1v) is 6.41. The number of carbonyl (C=O) groups is 1. The van der Waals surface area contributed by atoms with Crippen molar-refractivity contribution in [3.8, 4) is 0 Å². The number of Topliss-reactive ketones (excluding diaryl/α,β-unsaturated/α-hetero) is 1. The Hall–Kier alpha value is -0.330. The molecule has 3 fully saturated rings. The highest BCUT2D eigenvalue weighted by atomic mass is 16.1. The molecule has 3 aliphatic carbocycles. The molecule has 4 atom stereocenters. The molecule has 0 bridgehead atoms. The van der Waals surface area contributed by atoms with E-state index in [1.165, 1.54) is 51.4 Å². The highest BCUT2D eigenvalue weighted by molar-refractivity contribution is 5.86. The maximum Gasteiger partial charge on any atom is 0.139 e. The van der Waals surface area contributed by atoms with Crippen LogP contribution in [0.2, 0.25) is 0 Å². The largest absolute Gasteiger partial charge is 0.299 e. The molecule has 0 N–H and O–H groups in total. The van der Waals surface area contributed by atoms with Gasteiger partial charge in [0.25, 0.3) is 0 Å². The van der Waals surface area contributed by atoms with Gasteiger partial charge >= 0.3 is 0 Å². The van der Waals surface area contributed by atoms with Gasteiger partial charge in [0.2, 0.25) is 0 Å². The number of carbonyl (C=O) groups excluding carboxylic acids is 1. The summed E-state index contributed by atoms with van der Waals surface area (Å²) in [6, 6.07) is 0. The van der Waals surface area contributed by atoms with Crippen molar-refractivity contribution in [2.24, 2.45) is 23.7 Å². The van der Waals surface area contributed by atoms with Gasteiger partial charge in [0, 0.05) is 11.8 Å². The highest BCUT2D eigenvalue weighted by Crippen LogP contribution is 2.51. The minimum Gasteiger partial charge on any atom is -0.299 e. The molecule has 1 heteroatoms. The minimum atomic E-state index is 0.497. The van der Waals surface area contributed by atoms with Gasteiger partial charge in [0.05, 0.1) is 0 Å². The van der Waals surface area contributed by atoms with Gasteiger partial charge in [-0.3, -0.25) is 4.79 Å². The standard InChI is InChI=1S/C13H20O/c14-13-11-7-3-1-5-9(11)10-6-2-4-8-12(10)13/h9-12H,1-8H2. The SMILES string of the molecule is O=C1C2CCCCC2C2CCCCC12. The van der Waals surface area contributed by atoms with Crippen LogP contribution in [0.1, 0.15) is 51.4 Å². The topological polar surface area (TPSA) is 17.1 Å². The molecule has 78 valence electrons. The molecule has 4 unspecified atom stereocenters. The van der Waals surface area contributed by atoms with Crippen LogP contribution < -0.4 is 0 Å². The Labute approximate surface area is 86.3 Å². The van der Waals surface area contributed by atoms with Gasteiger partial charge in [-0.25, -0.2) is 0 Å². The molecule has 0 saturated heterocycles. The fourth-order valence-electron chi connectivity index (χ4n) is 4.33. The Morgan fingerprint density at radius 1 is 0.714 bits per heavy atom. The van der Waals surface area contributed by atoms with E-state index in [1.54, 1.807) is 0 Å². The summed E-state index contributed by atoms with van der Waals surface area (Å²) < 4.78 is 0. The molecule has 14 heavy (non-hydrogen) atoms. The molecule has 0 aromatic rings. The summed E-state index contributed by atoms with van der Waals surface area (Å²) in [6.07, 6.45) is 10.6. The maximum atomic E-state index is 12.2. The summed E-state index contributed by atoms with van der Waals surface area (Å²) >= 11 is 0. The van der Waals surface area contributed by atoms with E-state index >= 15 is 0 Å². The second kappa shape index (κ2) is 3.36. The van der Waals surface area contributed by atoms with Crippen LogP contribution in [-0.4, -0.2) is 5.78 Å². The molecule has 0 amide bonds. The molecule has 1 nitrogen and oxygen atoms in total. The van der Waals surface area contributed by atoms with Crippen LogP contribution in [0.5, 0.6) is 0 Å². The van der Waals surface area contributed by atoms with Crippen LogP contribution in [0, 0.1) is 23.7 Å². The van der Waals surface area contributed by atoms with Crippen LogP contribution >= 0.6 is 0 Å². The van der Waals surface area contributed by atoms with Crippen LogP contribution in [0.4, 0.5) is 0 Å². The van der Waals surface area contributed by atoms with Crippen LogP contribution in [0.3, 0.4) is 0 Å². The molecule has 0 aromatic carbocycles. The molecule has 3 saturated carbocycles. The second-order valence-electron chi connectivity index (χ2n) is 5.51. The molecule has 0 aromatic heterocycles. The molecule has 0 radical (unpaired) electrons. The summed E-state index contributed by atoms with van der Waals surface area (Å²) in [4.78, 5) is 12.2. The van der Waals surface area contributed by atoms with E-state index in [4.69, 9.17) is 0 Å². The van der Waals surface area contributed by atoms with Gasteiger partial charge in [-0.2, -0.15) is 0 Å². The van der Waals surface area contributed by atoms with Crippen LogP contribution in [0.15, 0.2) is 0 Å². The number of fused-ring (bicyclic) bond motifs is 3. The third-order valence-corrected chi connectivity index (χ3v) is 4.92. The predicted octanol–water partition coefficient (Wildman–Crippen LogP) is 3.18. The fraction of sp³-hybridized carbons (Fsp3) is 0.923. The predicted molar refractivity (Wildman–Crippen MR) is 55.9 cm³/mol. The first-order valence-electron chi connectivity index (χ1n) is 6.41. The van der Waals surface area contributed by atoms with Crippen molar-refractivity contribution in [3.05, 3.63) is 0 Å². The smallest absolute Gasteiger partial charge is 0.139 e. The van der Waals surface area contributed by atoms with E-state index in [1.807, 2.05) is 0 Å². The lowest BCUT2D eigenvalue weighted by atomic mass is 9.73. The summed E-state index contributed by atoms with van der Waals surface area (Å²) in [6.45, 7) is 0. The van der Waals surface area contributed by atoms with Gasteiger partial charge in [-0.05, 0) is 37.5 Å². The van der Waals surface area contributed by atoms with E-state index < -0.39 is 0 Å². The second-order valence-corrected chi connectivity index (χ2v) is 5.51. The van der Waals surface area contributed by atoms with Crippen molar-refractivity contribution in [1.82, 2.24) is 0 Å². The van der Waals surface area contributed by atoms with Crippen LogP contribution in [0.25, 0.3) is 0 Å². The number of ketones is 1. The lowest BCUT2D eigenvalue weighted by Gasteiger charge is -2.31. The maximum absolute atomic E-state index is 12.2. The van der Waals surface area contributed by atoms with Crippen molar-refractivity contribution in [2.45, 2.75) is 51.4 Å². The Balaban J connectivity index is 1.86. The molecule has 0 heterocycles. The van der Waals surface area contributed by atoms with E-state index in [0.29, 0.717) is 17.6 Å². The first-order chi connectivity index (χ1) is 6.88. The number of hydrogen-bond donors (Lipinski definition) is 0. The molecule has 3 rings (SSSR count). The van der Waals surface area contributed by atoms with Gasteiger partial charge < -0.3 is 0 Å². The Morgan fingerprint density at radius 3 is 1.64 bits per heavy atom. The van der Waals surface area contributed by atoms with E-state index in [2.05, 4.69) is 0 Å². The zero-order valence-electron chi connectivity index (χ0n) is 8.87. The summed E-state index contributed by atoms with van der Waals surface area (Å²) in [7, 11) is 0. The van der Waals surface area contributed by atoms with Gasteiger partial charge in [0.1, 0.15) is 5.78 Å². The van der Waals surface area contributed by atoms with Crippen LogP contribution in [-0.2, 0) is 4.79 Å². The Bertz CT molecular complexity index is 222. The number of hydrogen-bond acceptors (Lipinski definition) is 1. The normalized spacial score (nSPS) is 47.3. The Kier molecular flexibility index (Phi) is 2.14. The third-order valence-electron chi connectivity index (χ3n) is 4.92. The quantitative estimate of drug-likeness (QED) is 0.576. The summed E-state index contributed by atoms with van der Waals surface area (Å²) in [5, 5.41) is 0. The van der Waals surface area contributed by atoms with Crippen molar-refractivity contribution >= 4 is 5.78 Å². The average molecular weight is 192 g/mol. The minimum absolute atomic E-state index is 0.497. The average Bonchev–Trinajstić information content (AvgIpc) is 2.55.